The fraction of sp³-hybridized carbons (Fsp3) is 0.174. The van der Waals surface area contributed by atoms with Crippen molar-refractivity contribution in [2.75, 3.05) is 11.9 Å². The molecule has 0 unspecified atom stereocenters. The maximum absolute atomic E-state index is 13.3. The predicted molar refractivity (Wildman–Crippen MR) is 121 cm³/mol. The first-order chi connectivity index (χ1) is 14.5. The van der Waals surface area contributed by atoms with Crippen LogP contribution in [-0.4, -0.2) is 27.3 Å². The zero-order chi connectivity index (χ0) is 21.3. The number of carbonyl (C=O) groups is 1. The van der Waals surface area contributed by atoms with E-state index in [2.05, 4.69) is 4.98 Å². The van der Waals surface area contributed by atoms with E-state index < -0.39 is 0 Å². The van der Waals surface area contributed by atoms with E-state index in [1.807, 2.05) is 49.4 Å². The van der Waals surface area contributed by atoms with E-state index in [9.17, 15) is 4.79 Å². The Labute approximate surface area is 184 Å². The maximum atomic E-state index is 13.3. The summed E-state index contributed by atoms with van der Waals surface area (Å²) >= 11 is 12.6. The lowest BCUT2D eigenvalue weighted by Crippen LogP contribution is -2.30. The van der Waals surface area contributed by atoms with Crippen molar-refractivity contribution in [2.24, 2.45) is 0 Å². The van der Waals surface area contributed by atoms with Gasteiger partial charge >= 0.3 is 0 Å². The summed E-state index contributed by atoms with van der Waals surface area (Å²) in [4.78, 5) is 24.0. The standard InChI is InChI=1S/C23H20Cl2N4O/c1-3-15-10-7-11-26-22(15)28(2)20(30)13-19-21(16-8-5-4-6-9-16)27-23-18(25)12-17(24)14-29(19)23/h4-12,14H,3,13H2,1-2H3. The average molecular weight is 439 g/mol. The number of hydrogen-bond donors (Lipinski definition) is 0. The second-order valence-electron chi connectivity index (χ2n) is 6.94. The molecule has 0 saturated carbocycles. The quantitative estimate of drug-likeness (QED) is 0.414. The Hall–Kier alpha value is -2.89. The minimum Gasteiger partial charge on any atom is -0.300 e. The average Bonchev–Trinajstić information content (AvgIpc) is 3.12. The van der Waals surface area contributed by atoms with Crippen LogP contribution in [0.2, 0.25) is 10.0 Å². The third-order valence-corrected chi connectivity index (χ3v) is 5.53. The fourth-order valence-electron chi connectivity index (χ4n) is 3.50. The molecule has 0 radical (unpaired) electrons. The lowest BCUT2D eigenvalue weighted by atomic mass is 10.1. The molecule has 30 heavy (non-hydrogen) atoms. The van der Waals surface area contributed by atoms with E-state index in [1.165, 1.54) is 0 Å². The highest BCUT2D eigenvalue weighted by Crippen LogP contribution is 2.30. The molecule has 0 fully saturated rings. The van der Waals surface area contributed by atoms with Crippen molar-refractivity contribution in [1.29, 1.82) is 0 Å². The molecule has 1 amide bonds. The smallest absolute Gasteiger partial charge is 0.233 e. The van der Waals surface area contributed by atoms with Gasteiger partial charge in [0.25, 0.3) is 0 Å². The Morgan fingerprint density at radius 3 is 2.63 bits per heavy atom. The third-order valence-electron chi connectivity index (χ3n) is 5.05. The predicted octanol–water partition coefficient (Wildman–Crippen LogP) is 5.47. The van der Waals surface area contributed by atoms with Crippen molar-refractivity contribution in [3.63, 3.8) is 0 Å². The number of rotatable bonds is 5. The lowest BCUT2D eigenvalue weighted by Gasteiger charge is -2.19. The first-order valence-corrected chi connectivity index (χ1v) is 10.4. The SMILES string of the molecule is CCc1cccnc1N(C)C(=O)Cc1c(-c2ccccc2)nc2c(Cl)cc(Cl)cn12. The minimum absolute atomic E-state index is 0.0986. The fourth-order valence-corrected chi connectivity index (χ4v) is 4.02. The lowest BCUT2D eigenvalue weighted by molar-refractivity contribution is -0.117. The summed E-state index contributed by atoms with van der Waals surface area (Å²) in [6, 6.07) is 15.2. The molecule has 0 aliphatic carbocycles. The Balaban J connectivity index is 1.80. The normalized spacial score (nSPS) is 11.1. The van der Waals surface area contributed by atoms with Crippen LogP contribution >= 0.6 is 23.2 Å². The highest BCUT2D eigenvalue weighted by Gasteiger charge is 2.22. The summed E-state index contributed by atoms with van der Waals surface area (Å²) in [5.41, 5.74) is 3.92. The van der Waals surface area contributed by atoms with Crippen LogP contribution in [0, 0.1) is 0 Å². The van der Waals surface area contributed by atoms with Crippen molar-refractivity contribution < 1.29 is 4.79 Å². The molecular formula is C23H20Cl2N4O. The molecule has 0 atom stereocenters. The highest BCUT2D eigenvalue weighted by molar-refractivity contribution is 6.36. The van der Waals surface area contributed by atoms with Gasteiger partial charge in [-0.25, -0.2) is 9.97 Å². The van der Waals surface area contributed by atoms with Gasteiger partial charge in [-0.15, -0.1) is 0 Å². The van der Waals surface area contributed by atoms with Gasteiger partial charge in [-0.3, -0.25) is 9.69 Å². The van der Waals surface area contributed by atoms with Crippen LogP contribution in [0.5, 0.6) is 0 Å². The number of halogens is 2. The number of benzene rings is 1. The van der Waals surface area contributed by atoms with Crippen LogP contribution in [0.15, 0.2) is 60.9 Å². The highest BCUT2D eigenvalue weighted by atomic mass is 35.5. The van der Waals surface area contributed by atoms with Gasteiger partial charge in [-0.2, -0.15) is 0 Å². The van der Waals surface area contributed by atoms with Crippen LogP contribution < -0.4 is 4.90 Å². The van der Waals surface area contributed by atoms with Crippen molar-refractivity contribution >= 4 is 40.6 Å². The molecular weight excluding hydrogens is 419 g/mol. The number of imidazole rings is 1. The summed E-state index contributed by atoms with van der Waals surface area (Å²) in [7, 11) is 1.75. The van der Waals surface area contributed by atoms with Gasteiger partial charge in [-0.1, -0.05) is 66.5 Å². The first kappa shape index (κ1) is 20.4. The summed E-state index contributed by atoms with van der Waals surface area (Å²) in [5.74, 6) is 0.564. The number of aromatic nitrogens is 3. The van der Waals surface area contributed by atoms with Crippen LogP contribution in [0.25, 0.3) is 16.9 Å². The Bertz CT molecular complexity index is 1220. The molecule has 0 aliphatic rings. The molecule has 5 nitrogen and oxygen atoms in total. The number of likely N-dealkylation sites (N-methyl/N-ethyl adjacent to an activating group) is 1. The van der Waals surface area contributed by atoms with Gasteiger partial charge in [0.15, 0.2) is 5.65 Å². The molecule has 7 heteroatoms. The van der Waals surface area contributed by atoms with Gasteiger partial charge in [0.1, 0.15) is 5.82 Å². The topological polar surface area (TPSA) is 50.5 Å². The molecule has 0 N–H and O–H groups in total. The van der Waals surface area contributed by atoms with Gasteiger partial charge in [-0.05, 0) is 24.1 Å². The Kier molecular flexibility index (Phi) is 5.75. The van der Waals surface area contributed by atoms with Crippen molar-refractivity contribution in [2.45, 2.75) is 19.8 Å². The zero-order valence-electron chi connectivity index (χ0n) is 16.6. The minimum atomic E-state index is -0.0986. The van der Waals surface area contributed by atoms with E-state index in [1.54, 1.807) is 34.8 Å². The van der Waals surface area contributed by atoms with Gasteiger partial charge in [0.05, 0.1) is 27.9 Å². The second kappa shape index (κ2) is 8.46. The molecule has 0 bridgehead atoms. The van der Waals surface area contributed by atoms with Crippen LogP contribution in [-0.2, 0) is 17.6 Å². The molecule has 0 spiro atoms. The Morgan fingerprint density at radius 1 is 1.13 bits per heavy atom. The van der Waals surface area contributed by atoms with Gasteiger partial charge in [0.2, 0.25) is 5.91 Å². The molecule has 4 aromatic rings. The first-order valence-electron chi connectivity index (χ1n) is 9.61. The molecule has 1 aromatic carbocycles. The van der Waals surface area contributed by atoms with Crippen molar-refractivity contribution in [3.05, 3.63) is 82.2 Å². The molecule has 4 rings (SSSR count). The second-order valence-corrected chi connectivity index (χ2v) is 7.79. The molecule has 0 aliphatic heterocycles. The molecule has 3 aromatic heterocycles. The van der Waals surface area contributed by atoms with E-state index in [4.69, 9.17) is 28.2 Å². The zero-order valence-corrected chi connectivity index (χ0v) is 18.2. The summed E-state index contributed by atoms with van der Waals surface area (Å²) in [6.07, 6.45) is 4.35. The summed E-state index contributed by atoms with van der Waals surface area (Å²) in [6.45, 7) is 2.04. The van der Waals surface area contributed by atoms with Crippen LogP contribution in [0.1, 0.15) is 18.2 Å². The molecule has 0 saturated heterocycles. The largest absolute Gasteiger partial charge is 0.300 e. The van der Waals surface area contributed by atoms with Gasteiger partial charge in [0, 0.05) is 25.0 Å². The maximum Gasteiger partial charge on any atom is 0.233 e. The van der Waals surface area contributed by atoms with Crippen LogP contribution in [0.3, 0.4) is 0 Å². The number of amides is 1. The monoisotopic (exact) mass is 438 g/mol. The number of nitrogens with zero attached hydrogens (tertiary/aromatic N) is 4. The van der Waals surface area contributed by atoms with E-state index in [-0.39, 0.29) is 12.3 Å². The number of fused-ring (bicyclic) bond motifs is 1. The Morgan fingerprint density at radius 2 is 1.90 bits per heavy atom. The van der Waals surface area contributed by atoms with Gasteiger partial charge < -0.3 is 4.40 Å². The van der Waals surface area contributed by atoms with Crippen molar-refractivity contribution in [1.82, 2.24) is 14.4 Å². The summed E-state index contributed by atoms with van der Waals surface area (Å²) < 4.78 is 1.80. The summed E-state index contributed by atoms with van der Waals surface area (Å²) in [5, 5.41) is 0.911. The molecule has 152 valence electrons. The number of carbonyl (C=O) groups excluding carboxylic acids is 1. The molecule has 3 heterocycles. The van der Waals surface area contributed by atoms with Crippen molar-refractivity contribution in [3.8, 4) is 11.3 Å². The van der Waals surface area contributed by atoms with E-state index in [0.29, 0.717) is 27.2 Å². The number of anilines is 1. The number of pyridine rings is 2. The van der Waals surface area contributed by atoms with Crippen LogP contribution in [0.4, 0.5) is 5.82 Å². The number of hydrogen-bond acceptors (Lipinski definition) is 3. The van der Waals surface area contributed by atoms with E-state index in [0.717, 1.165) is 23.2 Å². The van der Waals surface area contributed by atoms with E-state index >= 15 is 0 Å². The number of aryl methyl sites for hydroxylation is 1. The third kappa shape index (κ3) is 3.78.